The maximum absolute atomic E-state index is 15.0. The summed E-state index contributed by atoms with van der Waals surface area (Å²) in [5.74, 6) is 0.208. The Kier molecular flexibility index (Phi) is 5.53. The summed E-state index contributed by atoms with van der Waals surface area (Å²) in [5, 5.41) is 2.63. The molecule has 5 rings (SSSR count). The first-order chi connectivity index (χ1) is 15.4. The van der Waals surface area contributed by atoms with E-state index < -0.39 is 12.2 Å². The molecule has 3 amide bonds. The van der Waals surface area contributed by atoms with Crippen molar-refractivity contribution in [3.05, 3.63) is 29.6 Å². The topological polar surface area (TPSA) is 88.2 Å². The second-order valence-electron chi connectivity index (χ2n) is 9.21. The van der Waals surface area contributed by atoms with Gasteiger partial charge in [0.15, 0.2) is 0 Å². The molecule has 4 aliphatic rings. The van der Waals surface area contributed by atoms with Crippen LogP contribution in [0.5, 0.6) is 0 Å². The average molecular weight is 445 g/mol. The minimum Gasteiger partial charge on any atom is -0.442 e. The lowest BCUT2D eigenvalue weighted by atomic mass is 10.0. The number of ether oxygens (including phenoxy) is 2. The van der Waals surface area contributed by atoms with Crippen LogP contribution in [0.3, 0.4) is 0 Å². The van der Waals surface area contributed by atoms with E-state index in [1.54, 1.807) is 12.1 Å². The highest BCUT2D eigenvalue weighted by Gasteiger charge is 2.58. The van der Waals surface area contributed by atoms with Crippen molar-refractivity contribution in [3.63, 3.8) is 0 Å². The predicted molar refractivity (Wildman–Crippen MR) is 113 cm³/mol. The van der Waals surface area contributed by atoms with Gasteiger partial charge in [0.05, 0.1) is 18.8 Å². The number of hydrogen-bond acceptors (Lipinski definition) is 5. The molecule has 4 fully saturated rings. The largest absolute Gasteiger partial charge is 0.442 e. The van der Waals surface area contributed by atoms with Crippen molar-refractivity contribution in [2.75, 3.05) is 37.7 Å². The fourth-order valence-corrected chi connectivity index (χ4v) is 5.36. The Bertz CT molecular complexity index is 922. The number of nitrogens with one attached hydrogen (secondary N) is 1. The first-order valence-electron chi connectivity index (χ1n) is 11.3. The highest BCUT2D eigenvalue weighted by atomic mass is 19.1. The van der Waals surface area contributed by atoms with E-state index in [2.05, 4.69) is 5.32 Å². The summed E-state index contributed by atoms with van der Waals surface area (Å²) in [6.45, 7) is 3.83. The lowest BCUT2D eigenvalue weighted by molar-refractivity contribution is -0.146. The van der Waals surface area contributed by atoms with Crippen LogP contribution in [0.1, 0.15) is 37.7 Å². The van der Waals surface area contributed by atoms with E-state index >= 15 is 0 Å². The zero-order valence-corrected chi connectivity index (χ0v) is 18.1. The molecule has 8 nitrogen and oxygen atoms in total. The molecule has 0 aromatic heterocycles. The standard InChI is InChI=1S/C23H28FN3O5/c1-13(28)25-9-15-10-27(23(30)32-15)14-5-6-16(19(24)8-14)21-17-11-26(12-18(17)21)22(29)20-4-2-3-7-31-20/h5-6,8,15,17-18,20-21H,2-4,7,9-12H2,1H3,(H,25,28)/t15-,17-,18+,20+,21?/m0/s1. The van der Waals surface area contributed by atoms with Gasteiger partial charge < -0.3 is 19.7 Å². The Morgan fingerprint density at radius 3 is 2.62 bits per heavy atom. The number of hydrogen-bond donors (Lipinski definition) is 1. The normalized spacial score (nSPS) is 31.3. The number of carbonyl (C=O) groups excluding carboxylic acids is 3. The molecule has 32 heavy (non-hydrogen) atoms. The summed E-state index contributed by atoms with van der Waals surface area (Å²) in [4.78, 5) is 39.2. The second kappa shape index (κ2) is 8.35. The Morgan fingerprint density at radius 1 is 1.19 bits per heavy atom. The number of benzene rings is 1. The minimum atomic E-state index is -0.546. The summed E-state index contributed by atoms with van der Waals surface area (Å²) >= 11 is 0. The fourth-order valence-electron chi connectivity index (χ4n) is 5.36. The van der Waals surface area contributed by atoms with Crippen molar-refractivity contribution in [2.45, 2.75) is 44.3 Å². The Balaban J connectivity index is 1.19. The van der Waals surface area contributed by atoms with Crippen LogP contribution in [0.15, 0.2) is 18.2 Å². The number of fused-ring (bicyclic) bond motifs is 1. The molecule has 3 aliphatic heterocycles. The second-order valence-corrected chi connectivity index (χ2v) is 9.21. The molecule has 0 bridgehead atoms. The molecule has 1 aromatic rings. The van der Waals surface area contributed by atoms with Crippen LogP contribution in [0.2, 0.25) is 0 Å². The average Bonchev–Trinajstić information content (AvgIpc) is 3.10. The van der Waals surface area contributed by atoms with Gasteiger partial charge in [-0.1, -0.05) is 6.07 Å². The van der Waals surface area contributed by atoms with Crippen LogP contribution in [0.4, 0.5) is 14.9 Å². The van der Waals surface area contributed by atoms with Crippen molar-refractivity contribution < 1.29 is 28.2 Å². The first kappa shape index (κ1) is 21.2. The molecule has 3 heterocycles. The molecule has 1 unspecified atom stereocenters. The number of cyclic esters (lactones) is 1. The van der Waals surface area contributed by atoms with Gasteiger partial charge in [-0.15, -0.1) is 0 Å². The number of halogens is 1. The molecule has 172 valence electrons. The third-order valence-corrected chi connectivity index (χ3v) is 7.07. The van der Waals surface area contributed by atoms with E-state index in [0.29, 0.717) is 30.9 Å². The number of nitrogens with zero attached hydrogens (tertiary/aromatic N) is 2. The zero-order valence-electron chi connectivity index (χ0n) is 18.1. The monoisotopic (exact) mass is 445 g/mol. The maximum atomic E-state index is 15.0. The van der Waals surface area contributed by atoms with Crippen LogP contribution < -0.4 is 10.2 Å². The highest BCUT2D eigenvalue weighted by Crippen LogP contribution is 2.59. The van der Waals surface area contributed by atoms with Crippen LogP contribution in [-0.4, -0.2) is 67.8 Å². The van der Waals surface area contributed by atoms with Gasteiger partial charge in [0, 0.05) is 26.6 Å². The molecule has 0 spiro atoms. The van der Waals surface area contributed by atoms with E-state index in [4.69, 9.17) is 9.47 Å². The number of amides is 3. The first-order valence-corrected chi connectivity index (χ1v) is 11.3. The fraction of sp³-hybridized carbons (Fsp3) is 0.609. The van der Waals surface area contributed by atoms with Crippen LogP contribution in [0.25, 0.3) is 0 Å². The maximum Gasteiger partial charge on any atom is 0.414 e. The van der Waals surface area contributed by atoms with Gasteiger partial charge in [-0.2, -0.15) is 0 Å². The number of piperidine rings is 1. The molecular weight excluding hydrogens is 417 g/mol. The van der Waals surface area contributed by atoms with E-state index in [1.165, 1.54) is 17.9 Å². The third-order valence-electron chi connectivity index (χ3n) is 7.07. The summed E-state index contributed by atoms with van der Waals surface area (Å²) in [6, 6.07) is 4.87. The van der Waals surface area contributed by atoms with Gasteiger partial charge in [0.25, 0.3) is 5.91 Å². The number of anilines is 1. The molecular formula is C23H28FN3O5. The highest BCUT2D eigenvalue weighted by molar-refractivity contribution is 5.90. The SMILES string of the molecule is CC(=O)NC[C@H]1CN(c2ccc(C3[C@H]4CN(C(=O)[C@H]5CCCCO5)C[C@@H]34)c(F)c2)C(=O)O1. The third kappa shape index (κ3) is 3.94. The summed E-state index contributed by atoms with van der Waals surface area (Å²) in [5.41, 5.74) is 1.09. The van der Waals surface area contributed by atoms with Crippen molar-refractivity contribution >= 4 is 23.6 Å². The van der Waals surface area contributed by atoms with Crippen molar-refractivity contribution in [1.29, 1.82) is 0 Å². The molecule has 0 radical (unpaired) electrons. The Hall–Kier alpha value is -2.68. The molecule has 1 aromatic carbocycles. The lowest BCUT2D eigenvalue weighted by Crippen LogP contribution is -2.41. The predicted octanol–water partition coefficient (Wildman–Crippen LogP) is 2.03. The van der Waals surface area contributed by atoms with Crippen LogP contribution in [-0.2, 0) is 19.1 Å². The summed E-state index contributed by atoms with van der Waals surface area (Å²) in [7, 11) is 0. The molecule has 5 atom stereocenters. The van der Waals surface area contributed by atoms with E-state index in [0.717, 1.165) is 19.3 Å². The van der Waals surface area contributed by atoms with Crippen molar-refractivity contribution in [3.8, 4) is 0 Å². The van der Waals surface area contributed by atoms with Crippen LogP contribution >= 0.6 is 0 Å². The molecule has 1 saturated carbocycles. The smallest absolute Gasteiger partial charge is 0.414 e. The zero-order chi connectivity index (χ0) is 22.4. The molecule has 1 aliphatic carbocycles. The number of likely N-dealkylation sites (tertiary alicyclic amines) is 1. The quantitative estimate of drug-likeness (QED) is 0.749. The van der Waals surface area contributed by atoms with Gasteiger partial charge in [-0.25, -0.2) is 9.18 Å². The van der Waals surface area contributed by atoms with Gasteiger partial charge in [0.2, 0.25) is 5.91 Å². The summed E-state index contributed by atoms with van der Waals surface area (Å²) in [6.07, 6.45) is 1.50. The lowest BCUT2D eigenvalue weighted by Gasteiger charge is -2.28. The minimum absolute atomic E-state index is 0.0767. The summed E-state index contributed by atoms with van der Waals surface area (Å²) < 4.78 is 25.9. The molecule has 9 heteroatoms. The number of rotatable bonds is 5. The number of carbonyl (C=O) groups is 3. The van der Waals surface area contributed by atoms with E-state index in [1.807, 2.05) is 4.90 Å². The van der Waals surface area contributed by atoms with E-state index in [9.17, 15) is 18.8 Å². The van der Waals surface area contributed by atoms with Gasteiger partial charge >= 0.3 is 6.09 Å². The van der Waals surface area contributed by atoms with Crippen molar-refractivity contribution in [1.82, 2.24) is 10.2 Å². The molecule has 3 saturated heterocycles. The van der Waals surface area contributed by atoms with Crippen LogP contribution in [0, 0.1) is 17.7 Å². The van der Waals surface area contributed by atoms with Gasteiger partial charge in [-0.3, -0.25) is 14.5 Å². The molecule has 1 N–H and O–H groups in total. The van der Waals surface area contributed by atoms with Gasteiger partial charge in [0.1, 0.15) is 18.0 Å². The Morgan fingerprint density at radius 2 is 1.97 bits per heavy atom. The van der Waals surface area contributed by atoms with E-state index in [-0.39, 0.29) is 54.6 Å². The van der Waals surface area contributed by atoms with Crippen molar-refractivity contribution in [2.24, 2.45) is 11.8 Å². The van der Waals surface area contributed by atoms with Gasteiger partial charge in [-0.05, 0) is 54.7 Å². The Labute approximate surface area is 186 Å².